The lowest BCUT2D eigenvalue weighted by Crippen LogP contribution is -2.41. The fourth-order valence-electron chi connectivity index (χ4n) is 3.14. The van der Waals surface area contributed by atoms with E-state index in [0.29, 0.717) is 19.0 Å². The zero-order valence-electron chi connectivity index (χ0n) is 15.5. The Morgan fingerprint density at radius 2 is 2.08 bits per heavy atom. The minimum Gasteiger partial charge on any atom is -0.356 e. The number of hydrogen-bond acceptors (Lipinski definition) is 3. The first-order chi connectivity index (χ1) is 12.0. The number of nitrogens with one attached hydrogen (secondary N) is 1. The average Bonchev–Trinajstić information content (AvgIpc) is 3.12. The molecule has 1 fully saturated rings. The van der Waals surface area contributed by atoms with Gasteiger partial charge in [0.25, 0.3) is 0 Å². The number of guanidine groups is 1. The van der Waals surface area contributed by atoms with Crippen LogP contribution >= 0.6 is 0 Å². The molecule has 0 bridgehead atoms. The molecule has 1 aromatic carbocycles. The molecule has 0 saturated carbocycles. The van der Waals surface area contributed by atoms with Crippen LogP contribution in [0.2, 0.25) is 0 Å². The summed E-state index contributed by atoms with van der Waals surface area (Å²) in [5.41, 5.74) is 1.38. The summed E-state index contributed by atoms with van der Waals surface area (Å²) in [4.78, 5) is 6.66. The minimum absolute atomic E-state index is 0.146. The van der Waals surface area contributed by atoms with E-state index in [1.807, 2.05) is 6.07 Å². The molecule has 1 aliphatic heterocycles. The predicted molar refractivity (Wildman–Crippen MR) is 103 cm³/mol. The van der Waals surface area contributed by atoms with Gasteiger partial charge in [-0.05, 0) is 25.3 Å². The van der Waals surface area contributed by atoms with E-state index in [2.05, 4.69) is 39.5 Å². The summed E-state index contributed by atoms with van der Waals surface area (Å²) >= 11 is 0. The number of hydrogen-bond donors (Lipinski definition) is 1. The van der Waals surface area contributed by atoms with Crippen LogP contribution in [0, 0.1) is 0 Å². The summed E-state index contributed by atoms with van der Waals surface area (Å²) in [7, 11) is 0.342. The molecule has 1 atom stereocenters. The second-order valence-corrected chi connectivity index (χ2v) is 8.76. The lowest BCUT2D eigenvalue weighted by atomic mass is 9.99. The smallest absolute Gasteiger partial charge is 0.213 e. The van der Waals surface area contributed by atoms with E-state index in [0.717, 1.165) is 31.9 Å². The predicted octanol–water partition coefficient (Wildman–Crippen LogP) is 1.72. The van der Waals surface area contributed by atoms with Crippen molar-refractivity contribution in [3.05, 3.63) is 35.9 Å². The third-order valence-corrected chi connectivity index (χ3v) is 6.61. The normalized spacial score (nSPS) is 18.8. The molecular formula is C18H30N4O2S. The van der Waals surface area contributed by atoms with E-state index < -0.39 is 10.0 Å². The van der Waals surface area contributed by atoms with Gasteiger partial charge in [-0.1, -0.05) is 30.3 Å². The molecule has 0 spiro atoms. The van der Waals surface area contributed by atoms with E-state index in [9.17, 15) is 8.42 Å². The monoisotopic (exact) mass is 366 g/mol. The maximum atomic E-state index is 11.7. The third-order valence-electron chi connectivity index (χ3n) is 4.74. The molecular weight excluding hydrogens is 336 g/mol. The molecule has 1 aliphatic rings. The van der Waals surface area contributed by atoms with Crippen molar-refractivity contribution in [2.75, 3.05) is 46.0 Å². The minimum atomic E-state index is -3.09. The van der Waals surface area contributed by atoms with Crippen LogP contribution in [0.15, 0.2) is 35.3 Å². The van der Waals surface area contributed by atoms with Crippen molar-refractivity contribution in [1.29, 1.82) is 0 Å². The van der Waals surface area contributed by atoms with Crippen LogP contribution in [0.3, 0.4) is 0 Å². The van der Waals surface area contributed by atoms with Gasteiger partial charge in [0.15, 0.2) is 5.96 Å². The summed E-state index contributed by atoms with van der Waals surface area (Å²) in [6.45, 7) is 4.86. The molecule has 1 heterocycles. The summed E-state index contributed by atoms with van der Waals surface area (Å²) < 4.78 is 24.9. The quantitative estimate of drug-likeness (QED) is 0.453. The Hall–Kier alpha value is -1.60. The number of aliphatic imine (C=N–C) groups is 1. The molecule has 0 aliphatic carbocycles. The molecule has 2 rings (SSSR count). The Kier molecular flexibility index (Phi) is 7.25. The van der Waals surface area contributed by atoms with Crippen molar-refractivity contribution in [3.63, 3.8) is 0 Å². The standard InChI is InChI=1S/C18H30N4O2S/c1-4-25(23,24)21(3)13-8-12-20-18(19-2)22-14-11-17(15-22)16-9-6-5-7-10-16/h5-7,9-10,17H,4,8,11-15H2,1-3H3,(H,19,20). The van der Waals surface area contributed by atoms with Crippen LogP contribution in [0.25, 0.3) is 0 Å². The van der Waals surface area contributed by atoms with Crippen molar-refractivity contribution >= 4 is 16.0 Å². The first-order valence-electron chi connectivity index (χ1n) is 8.92. The molecule has 1 N–H and O–H groups in total. The highest BCUT2D eigenvalue weighted by atomic mass is 32.2. The molecule has 140 valence electrons. The van der Waals surface area contributed by atoms with Crippen molar-refractivity contribution in [1.82, 2.24) is 14.5 Å². The van der Waals surface area contributed by atoms with Crippen LogP contribution in [-0.2, 0) is 10.0 Å². The van der Waals surface area contributed by atoms with Gasteiger partial charge in [0, 0.05) is 46.2 Å². The second kappa shape index (κ2) is 9.20. The summed E-state index contributed by atoms with van der Waals surface area (Å²) in [5.74, 6) is 1.59. The maximum Gasteiger partial charge on any atom is 0.213 e. The Labute approximate surface area is 152 Å². The van der Waals surface area contributed by atoms with Gasteiger partial charge in [0.1, 0.15) is 0 Å². The zero-order valence-corrected chi connectivity index (χ0v) is 16.3. The van der Waals surface area contributed by atoms with Crippen LogP contribution in [-0.4, -0.2) is 69.6 Å². The number of benzene rings is 1. The highest BCUT2D eigenvalue weighted by molar-refractivity contribution is 7.89. The van der Waals surface area contributed by atoms with Gasteiger partial charge in [-0.2, -0.15) is 0 Å². The molecule has 0 amide bonds. The molecule has 1 unspecified atom stereocenters. The summed E-state index contributed by atoms with van der Waals surface area (Å²) in [6.07, 6.45) is 1.88. The Morgan fingerprint density at radius 3 is 2.72 bits per heavy atom. The van der Waals surface area contributed by atoms with Gasteiger partial charge in [0.05, 0.1) is 5.75 Å². The van der Waals surface area contributed by atoms with Gasteiger partial charge in [-0.15, -0.1) is 0 Å². The third kappa shape index (κ3) is 5.44. The second-order valence-electron chi connectivity index (χ2n) is 6.39. The van der Waals surface area contributed by atoms with Gasteiger partial charge >= 0.3 is 0 Å². The largest absolute Gasteiger partial charge is 0.356 e. The van der Waals surface area contributed by atoms with E-state index >= 15 is 0 Å². The molecule has 25 heavy (non-hydrogen) atoms. The lowest BCUT2D eigenvalue weighted by molar-refractivity contribution is 0.452. The number of nitrogens with zero attached hydrogens (tertiary/aromatic N) is 3. The molecule has 1 aromatic rings. The zero-order chi connectivity index (χ0) is 18.3. The van der Waals surface area contributed by atoms with Crippen LogP contribution in [0.4, 0.5) is 0 Å². The molecule has 0 aromatic heterocycles. The molecule has 0 radical (unpaired) electrons. The van der Waals surface area contributed by atoms with Crippen molar-refractivity contribution < 1.29 is 8.42 Å². The van der Waals surface area contributed by atoms with E-state index in [-0.39, 0.29) is 5.75 Å². The first kappa shape index (κ1) is 19.7. The molecule has 1 saturated heterocycles. The highest BCUT2D eigenvalue weighted by Crippen LogP contribution is 2.26. The Balaban J connectivity index is 1.78. The Bertz CT molecular complexity index is 661. The highest BCUT2D eigenvalue weighted by Gasteiger charge is 2.25. The van der Waals surface area contributed by atoms with Crippen LogP contribution < -0.4 is 5.32 Å². The van der Waals surface area contributed by atoms with Crippen molar-refractivity contribution in [2.45, 2.75) is 25.7 Å². The fraction of sp³-hybridized carbons (Fsp3) is 0.611. The SMILES string of the molecule is CCS(=O)(=O)N(C)CCCNC(=NC)N1CCC(c2ccccc2)C1. The van der Waals surface area contributed by atoms with Gasteiger partial charge < -0.3 is 10.2 Å². The first-order valence-corrected chi connectivity index (χ1v) is 10.5. The fourth-order valence-corrected chi connectivity index (χ4v) is 3.99. The summed E-state index contributed by atoms with van der Waals surface area (Å²) in [6, 6.07) is 10.6. The number of likely N-dealkylation sites (tertiary alicyclic amines) is 1. The van der Waals surface area contributed by atoms with Crippen molar-refractivity contribution in [2.24, 2.45) is 4.99 Å². The van der Waals surface area contributed by atoms with E-state index in [1.54, 1.807) is 21.0 Å². The molecule has 7 heteroatoms. The number of rotatable bonds is 7. The summed E-state index contributed by atoms with van der Waals surface area (Å²) in [5, 5.41) is 3.36. The van der Waals surface area contributed by atoms with Crippen molar-refractivity contribution in [3.8, 4) is 0 Å². The van der Waals surface area contributed by atoms with Gasteiger partial charge in [0.2, 0.25) is 10.0 Å². The van der Waals surface area contributed by atoms with E-state index in [4.69, 9.17) is 0 Å². The number of sulfonamides is 1. The van der Waals surface area contributed by atoms with Crippen LogP contribution in [0.1, 0.15) is 31.2 Å². The van der Waals surface area contributed by atoms with Crippen LogP contribution in [0.5, 0.6) is 0 Å². The maximum absolute atomic E-state index is 11.7. The molecule has 6 nitrogen and oxygen atoms in total. The lowest BCUT2D eigenvalue weighted by Gasteiger charge is -2.22. The van der Waals surface area contributed by atoms with Gasteiger partial charge in [-0.3, -0.25) is 4.99 Å². The average molecular weight is 367 g/mol. The van der Waals surface area contributed by atoms with Gasteiger partial charge in [-0.25, -0.2) is 12.7 Å². The topological polar surface area (TPSA) is 65.0 Å². The Morgan fingerprint density at radius 1 is 1.36 bits per heavy atom. The van der Waals surface area contributed by atoms with E-state index in [1.165, 1.54) is 9.87 Å².